The lowest BCUT2D eigenvalue weighted by Crippen LogP contribution is -2.12. The number of aromatic nitrogens is 2. The van der Waals surface area contributed by atoms with Gasteiger partial charge >= 0.3 is 0 Å². The van der Waals surface area contributed by atoms with Gasteiger partial charge in [-0.1, -0.05) is 13.3 Å². The Morgan fingerprint density at radius 1 is 1.31 bits per heavy atom. The van der Waals surface area contributed by atoms with Crippen LogP contribution in [0.4, 0.5) is 11.6 Å². The van der Waals surface area contributed by atoms with E-state index in [1.54, 1.807) is 6.33 Å². The first-order valence-corrected chi connectivity index (χ1v) is 6.01. The molecular weight excluding hydrogens is 200 g/mol. The number of hydrogen-bond donors (Lipinski definition) is 2. The molecule has 1 aliphatic carbocycles. The normalized spacial score (nSPS) is 24.4. The first-order chi connectivity index (χ1) is 7.78. The van der Waals surface area contributed by atoms with Crippen LogP contribution in [0.3, 0.4) is 0 Å². The van der Waals surface area contributed by atoms with E-state index in [0.717, 1.165) is 30.0 Å². The van der Waals surface area contributed by atoms with Crippen molar-refractivity contribution in [2.24, 2.45) is 11.8 Å². The summed E-state index contributed by atoms with van der Waals surface area (Å²) in [5, 5.41) is 6.40. The zero-order valence-electron chi connectivity index (χ0n) is 10.0. The fourth-order valence-electron chi connectivity index (χ4n) is 2.35. The van der Waals surface area contributed by atoms with Gasteiger partial charge in [-0.05, 0) is 24.7 Å². The van der Waals surface area contributed by atoms with E-state index in [1.807, 2.05) is 13.1 Å². The van der Waals surface area contributed by atoms with E-state index in [2.05, 4.69) is 27.5 Å². The fraction of sp³-hybridized carbons (Fsp3) is 0.667. The van der Waals surface area contributed by atoms with Gasteiger partial charge in [0.2, 0.25) is 0 Å². The second-order valence-corrected chi connectivity index (χ2v) is 4.70. The van der Waals surface area contributed by atoms with Crippen molar-refractivity contribution in [3.8, 4) is 0 Å². The predicted molar refractivity (Wildman–Crippen MR) is 66.6 cm³/mol. The van der Waals surface area contributed by atoms with E-state index in [1.165, 1.54) is 19.3 Å². The monoisotopic (exact) mass is 220 g/mol. The Balaban J connectivity index is 1.84. The number of nitrogens with zero attached hydrogens (tertiary/aromatic N) is 2. The van der Waals surface area contributed by atoms with Gasteiger partial charge in [0.15, 0.2) is 0 Å². The zero-order chi connectivity index (χ0) is 11.4. The highest BCUT2D eigenvalue weighted by Crippen LogP contribution is 2.30. The van der Waals surface area contributed by atoms with Gasteiger partial charge < -0.3 is 10.6 Å². The Labute approximate surface area is 96.9 Å². The lowest BCUT2D eigenvalue weighted by atomic mass is 10.1. The molecule has 1 aromatic rings. The van der Waals surface area contributed by atoms with Crippen LogP contribution >= 0.6 is 0 Å². The highest BCUT2D eigenvalue weighted by molar-refractivity contribution is 5.45. The van der Waals surface area contributed by atoms with Gasteiger partial charge in [0.25, 0.3) is 0 Å². The van der Waals surface area contributed by atoms with E-state index >= 15 is 0 Å². The number of rotatable bonds is 4. The summed E-state index contributed by atoms with van der Waals surface area (Å²) in [6.07, 6.45) is 5.65. The third-order valence-corrected chi connectivity index (χ3v) is 3.30. The lowest BCUT2D eigenvalue weighted by molar-refractivity contribution is 0.536. The number of hydrogen-bond acceptors (Lipinski definition) is 4. The maximum Gasteiger partial charge on any atom is 0.131 e. The van der Waals surface area contributed by atoms with Crippen molar-refractivity contribution < 1.29 is 0 Å². The number of anilines is 2. The fourth-order valence-corrected chi connectivity index (χ4v) is 2.35. The summed E-state index contributed by atoms with van der Waals surface area (Å²) in [5.41, 5.74) is 0. The third kappa shape index (κ3) is 2.84. The summed E-state index contributed by atoms with van der Waals surface area (Å²) in [6.45, 7) is 3.37. The van der Waals surface area contributed by atoms with E-state index in [9.17, 15) is 0 Å². The molecule has 0 bridgehead atoms. The minimum Gasteiger partial charge on any atom is -0.373 e. The molecule has 0 aromatic carbocycles. The lowest BCUT2D eigenvalue weighted by Gasteiger charge is -2.11. The van der Waals surface area contributed by atoms with Crippen LogP contribution in [0.1, 0.15) is 26.2 Å². The second kappa shape index (κ2) is 5.14. The minimum atomic E-state index is 0.808. The van der Waals surface area contributed by atoms with Crippen molar-refractivity contribution in [3.05, 3.63) is 12.4 Å². The molecule has 2 N–H and O–H groups in total. The summed E-state index contributed by atoms with van der Waals surface area (Å²) >= 11 is 0. The molecule has 0 spiro atoms. The van der Waals surface area contributed by atoms with Crippen LogP contribution < -0.4 is 10.6 Å². The van der Waals surface area contributed by atoms with Crippen molar-refractivity contribution in [3.63, 3.8) is 0 Å². The molecule has 0 amide bonds. The van der Waals surface area contributed by atoms with Crippen LogP contribution in [0, 0.1) is 11.8 Å². The molecule has 4 heteroatoms. The van der Waals surface area contributed by atoms with Crippen LogP contribution in [0.25, 0.3) is 0 Å². The van der Waals surface area contributed by atoms with E-state index in [0.29, 0.717) is 0 Å². The van der Waals surface area contributed by atoms with Gasteiger partial charge in [-0.3, -0.25) is 0 Å². The van der Waals surface area contributed by atoms with Crippen molar-refractivity contribution in [2.45, 2.75) is 26.2 Å². The molecule has 0 radical (unpaired) electrons. The smallest absolute Gasteiger partial charge is 0.131 e. The summed E-state index contributed by atoms with van der Waals surface area (Å²) in [6, 6.07) is 1.94. The Bertz CT molecular complexity index is 340. The van der Waals surface area contributed by atoms with Crippen LogP contribution in [0.2, 0.25) is 0 Å². The standard InChI is InChI=1S/C12H20N4/c1-9-3-4-10(5-9)7-14-12-6-11(13-2)15-8-16-12/h6,8-10H,3-5,7H2,1-2H3,(H2,13,14,15,16). The predicted octanol–water partition coefficient (Wildman–Crippen LogP) is 2.37. The molecule has 1 fully saturated rings. The maximum atomic E-state index is 4.21. The Morgan fingerprint density at radius 3 is 2.81 bits per heavy atom. The molecule has 2 rings (SSSR count). The summed E-state index contributed by atoms with van der Waals surface area (Å²) in [7, 11) is 1.87. The maximum absolute atomic E-state index is 4.21. The van der Waals surface area contributed by atoms with E-state index in [-0.39, 0.29) is 0 Å². The van der Waals surface area contributed by atoms with Crippen LogP contribution in [0.5, 0.6) is 0 Å². The average Bonchev–Trinajstić information content (AvgIpc) is 2.73. The first kappa shape index (κ1) is 11.2. The van der Waals surface area contributed by atoms with Gasteiger partial charge in [0, 0.05) is 19.7 Å². The molecule has 16 heavy (non-hydrogen) atoms. The Morgan fingerprint density at radius 2 is 2.12 bits per heavy atom. The second-order valence-electron chi connectivity index (χ2n) is 4.70. The first-order valence-electron chi connectivity index (χ1n) is 6.01. The molecule has 4 nitrogen and oxygen atoms in total. The van der Waals surface area contributed by atoms with Crippen molar-refractivity contribution in [1.29, 1.82) is 0 Å². The topological polar surface area (TPSA) is 49.8 Å². The summed E-state index contributed by atoms with van der Waals surface area (Å²) in [4.78, 5) is 8.29. The van der Waals surface area contributed by atoms with Crippen molar-refractivity contribution in [2.75, 3.05) is 24.2 Å². The molecule has 1 aromatic heterocycles. The van der Waals surface area contributed by atoms with E-state index < -0.39 is 0 Å². The molecule has 2 atom stereocenters. The minimum absolute atomic E-state index is 0.808. The Kier molecular flexibility index (Phi) is 3.59. The highest BCUT2D eigenvalue weighted by atomic mass is 15.1. The van der Waals surface area contributed by atoms with Gasteiger partial charge in [0.1, 0.15) is 18.0 Å². The molecule has 0 aliphatic heterocycles. The van der Waals surface area contributed by atoms with Gasteiger partial charge in [-0.25, -0.2) is 9.97 Å². The van der Waals surface area contributed by atoms with Crippen LogP contribution in [-0.4, -0.2) is 23.6 Å². The SMILES string of the molecule is CNc1cc(NCC2CCC(C)C2)ncn1. The van der Waals surface area contributed by atoms with Gasteiger partial charge in [-0.2, -0.15) is 0 Å². The Hall–Kier alpha value is -1.32. The molecule has 0 saturated heterocycles. The largest absolute Gasteiger partial charge is 0.373 e. The van der Waals surface area contributed by atoms with Gasteiger partial charge in [-0.15, -0.1) is 0 Å². The van der Waals surface area contributed by atoms with Gasteiger partial charge in [0.05, 0.1) is 0 Å². The molecule has 2 unspecified atom stereocenters. The number of nitrogens with one attached hydrogen (secondary N) is 2. The molecule has 88 valence electrons. The molecule has 1 aliphatic rings. The highest BCUT2D eigenvalue weighted by Gasteiger charge is 2.20. The molecule has 1 heterocycles. The quantitative estimate of drug-likeness (QED) is 0.818. The third-order valence-electron chi connectivity index (χ3n) is 3.30. The molecular formula is C12H20N4. The summed E-state index contributed by atoms with van der Waals surface area (Å²) in [5.74, 6) is 3.48. The zero-order valence-corrected chi connectivity index (χ0v) is 10.0. The van der Waals surface area contributed by atoms with Crippen molar-refractivity contribution in [1.82, 2.24) is 9.97 Å². The molecule has 1 saturated carbocycles. The average molecular weight is 220 g/mol. The van der Waals surface area contributed by atoms with Crippen LogP contribution in [0.15, 0.2) is 12.4 Å². The van der Waals surface area contributed by atoms with Crippen molar-refractivity contribution >= 4 is 11.6 Å². The summed E-state index contributed by atoms with van der Waals surface area (Å²) < 4.78 is 0. The van der Waals surface area contributed by atoms with Crippen LogP contribution in [-0.2, 0) is 0 Å². The van der Waals surface area contributed by atoms with E-state index in [4.69, 9.17) is 0 Å².